The van der Waals surface area contributed by atoms with Gasteiger partial charge in [-0.3, -0.25) is 4.57 Å². The first-order chi connectivity index (χ1) is 6.15. The highest BCUT2D eigenvalue weighted by molar-refractivity contribution is 5.22. The van der Waals surface area contributed by atoms with E-state index in [1.807, 2.05) is 13.8 Å². The lowest BCUT2D eigenvalue weighted by atomic mass is 10.4. The number of hydrogen-bond acceptors (Lipinski definition) is 3. The largest absolute Gasteiger partial charge is 0.348 e. The summed E-state index contributed by atoms with van der Waals surface area (Å²) in [5, 5.41) is 3.22. The van der Waals surface area contributed by atoms with E-state index in [4.69, 9.17) is 5.53 Å². The SMILES string of the molecule is CC(C)n1ccc(N=[N+]=[N-])nc1=O. The van der Waals surface area contributed by atoms with Crippen molar-refractivity contribution in [3.63, 3.8) is 0 Å². The molecule has 1 aromatic heterocycles. The molecule has 0 atom stereocenters. The van der Waals surface area contributed by atoms with Crippen LogP contribution in [0.5, 0.6) is 0 Å². The van der Waals surface area contributed by atoms with E-state index in [1.54, 1.807) is 6.20 Å². The van der Waals surface area contributed by atoms with Gasteiger partial charge in [0.2, 0.25) is 0 Å². The van der Waals surface area contributed by atoms with Crippen molar-refractivity contribution < 1.29 is 0 Å². The van der Waals surface area contributed by atoms with Crippen molar-refractivity contribution in [2.75, 3.05) is 0 Å². The molecule has 0 saturated carbocycles. The summed E-state index contributed by atoms with van der Waals surface area (Å²) in [6.45, 7) is 3.74. The zero-order chi connectivity index (χ0) is 9.84. The summed E-state index contributed by atoms with van der Waals surface area (Å²) in [6, 6.07) is 1.56. The van der Waals surface area contributed by atoms with Crippen LogP contribution in [0.1, 0.15) is 19.9 Å². The molecule has 6 heteroatoms. The average molecular weight is 179 g/mol. The zero-order valence-electron chi connectivity index (χ0n) is 7.38. The van der Waals surface area contributed by atoms with Gasteiger partial charge in [0.25, 0.3) is 0 Å². The first kappa shape index (κ1) is 9.28. The molecule has 6 nitrogen and oxygen atoms in total. The van der Waals surface area contributed by atoms with E-state index >= 15 is 0 Å². The molecule has 0 radical (unpaired) electrons. The van der Waals surface area contributed by atoms with Gasteiger partial charge in [0.15, 0.2) is 0 Å². The van der Waals surface area contributed by atoms with Gasteiger partial charge in [-0.05, 0) is 30.6 Å². The van der Waals surface area contributed by atoms with Crippen molar-refractivity contribution in [3.8, 4) is 0 Å². The fraction of sp³-hybridized carbons (Fsp3) is 0.429. The van der Waals surface area contributed by atoms with Crippen molar-refractivity contribution in [2.45, 2.75) is 19.9 Å². The van der Waals surface area contributed by atoms with Gasteiger partial charge in [-0.1, -0.05) is 0 Å². The Morgan fingerprint density at radius 3 is 2.85 bits per heavy atom. The molecule has 0 saturated heterocycles. The van der Waals surface area contributed by atoms with Gasteiger partial charge in [0.1, 0.15) is 5.82 Å². The van der Waals surface area contributed by atoms with E-state index in [-0.39, 0.29) is 11.9 Å². The van der Waals surface area contributed by atoms with E-state index in [1.165, 1.54) is 10.6 Å². The van der Waals surface area contributed by atoms with Gasteiger partial charge in [0.05, 0.1) is 0 Å². The maximum atomic E-state index is 11.2. The Kier molecular flexibility index (Phi) is 2.66. The molecule has 0 aliphatic carbocycles. The summed E-state index contributed by atoms with van der Waals surface area (Å²) < 4.78 is 1.45. The Labute approximate surface area is 74.5 Å². The summed E-state index contributed by atoms with van der Waals surface area (Å²) in [7, 11) is 0. The highest BCUT2D eigenvalue weighted by Crippen LogP contribution is 2.05. The Bertz CT molecular complexity index is 402. The summed E-state index contributed by atoms with van der Waals surface area (Å²) in [5.41, 5.74) is 7.70. The minimum absolute atomic E-state index is 0.0557. The summed E-state index contributed by atoms with van der Waals surface area (Å²) >= 11 is 0. The van der Waals surface area contributed by atoms with Crippen molar-refractivity contribution in [1.29, 1.82) is 0 Å². The lowest BCUT2D eigenvalue weighted by molar-refractivity contribution is 0.564. The second-order valence-electron chi connectivity index (χ2n) is 2.76. The Balaban J connectivity index is 3.20. The van der Waals surface area contributed by atoms with Crippen LogP contribution in [0.15, 0.2) is 22.2 Å². The molecule has 0 unspecified atom stereocenters. The predicted octanol–water partition coefficient (Wildman–Crippen LogP) is 1.77. The Morgan fingerprint density at radius 1 is 1.69 bits per heavy atom. The van der Waals surface area contributed by atoms with Gasteiger partial charge in [-0.2, -0.15) is 4.98 Å². The van der Waals surface area contributed by atoms with Crippen molar-refractivity contribution in [3.05, 3.63) is 33.2 Å². The van der Waals surface area contributed by atoms with Crippen LogP contribution in [-0.4, -0.2) is 9.55 Å². The molecular formula is C7H9N5O. The lowest BCUT2D eigenvalue weighted by Gasteiger charge is -2.07. The van der Waals surface area contributed by atoms with E-state index in [9.17, 15) is 4.79 Å². The highest BCUT2D eigenvalue weighted by atomic mass is 16.1. The first-order valence-corrected chi connectivity index (χ1v) is 3.79. The molecule has 1 heterocycles. The fourth-order valence-corrected chi connectivity index (χ4v) is 0.898. The van der Waals surface area contributed by atoms with Gasteiger partial charge >= 0.3 is 5.69 Å². The molecule has 13 heavy (non-hydrogen) atoms. The van der Waals surface area contributed by atoms with Crippen LogP contribution in [0.2, 0.25) is 0 Å². The molecule has 0 aliphatic heterocycles. The van der Waals surface area contributed by atoms with Crippen molar-refractivity contribution in [1.82, 2.24) is 9.55 Å². The monoisotopic (exact) mass is 179 g/mol. The third-order valence-electron chi connectivity index (χ3n) is 1.52. The van der Waals surface area contributed by atoms with Crippen molar-refractivity contribution in [2.24, 2.45) is 5.11 Å². The van der Waals surface area contributed by atoms with Gasteiger partial charge < -0.3 is 0 Å². The van der Waals surface area contributed by atoms with E-state index < -0.39 is 5.69 Å². The standard InChI is InChI=1S/C7H9N5O/c1-5(2)12-4-3-6(10-11-8)9-7(12)13/h3-5H,1-2H3. The normalized spacial score (nSPS) is 9.77. The molecule has 1 aromatic rings. The van der Waals surface area contributed by atoms with Crippen LogP contribution >= 0.6 is 0 Å². The van der Waals surface area contributed by atoms with Gasteiger partial charge in [-0.25, -0.2) is 4.79 Å². The molecule has 0 bridgehead atoms. The van der Waals surface area contributed by atoms with Gasteiger partial charge in [-0.15, -0.1) is 0 Å². The van der Waals surface area contributed by atoms with Crippen LogP contribution in [0, 0.1) is 0 Å². The smallest absolute Gasteiger partial charge is 0.297 e. The number of hydrogen-bond donors (Lipinski definition) is 0. The number of azide groups is 1. The van der Waals surface area contributed by atoms with Crippen LogP contribution in [0.4, 0.5) is 5.82 Å². The average Bonchev–Trinajstić information content (AvgIpc) is 2.04. The molecule has 0 spiro atoms. The minimum atomic E-state index is -0.403. The molecule has 0 N–H and O–H groups in total. The molecule has 0 aromatic carbocycles. The van der Waals surface area contributed by atoms with E-state index in [0.29, 0.717) is 0 Å². The summed E-state index contributed by atoms with van der Waals surface area (Å²) in [4.78, 5) is 17.3. The van der Waals surface area contributed by atoms with Crippen LogP contribution < -0.4 is 5.69 Å². The predicted molar refractivity (Wildman–Crippen MR) is 47.7 cm³/mol. The third kappa shape index (κ3) is 2.07. The highest BCUT2D eigenvalue weighted by Gasteiger charge is 2.01. The zero-order valence-corrected chi connectivity index (χ0v) is 7.38. The minimum Gasteiger partial charge on any atom is -0.297 e. The number of aromatic nitrogens is 2. The molecular weight excluding hydrogens is 170 g/mol. The second-order valence-corrected chi connectivity index (χ2v) is 2.76. The second kappa shape index (κ2) is 3.73. The molecule has 68 valence electrons. The van der Waals surface area contributed by atoms with Crippen LogP contribution in [-0.2, 0) is 0 Å². The van der Waals surface area contributed by atoms with E-state index in [2.05, 4.69) is 15.0 Å². The third-order valence-corrected chi connectivity index (χ3v) is 1.52. The maximum absolute atomic E-state index is 11.2. The molecule has 0 fully saturated rings. The molecule has 0 amide bonds. The first-order valence-electron chi connectivity index (χ1n) is 3.79. The quantitative estimate of drug-likeness (QED) is 0.393. The van der Waals surface area contributed by atoms with Crippen LogP contribution in [0.25, 0.3) is 10.4 Å². The summed E-state index contributed by atoms with van der Waals surface area (Å²) in [5.74, 6) is 0.101. The van der Waals surface area contributed by atoms with E-state index in [0.717, 1.165) is 0 Å². The Hall–Kier alpha value is -1.81. The number of nitrogens with zero attached hydrogens (tertiary/aromatic N) is 5. The number of rotatable bonds is 2. The van der Waals surface area contributed by atoms with Crippen molar-refractivity contribution >= 4 is 5.82 Å². The fourth-order valence-electron chi connectivity index (χ4n) is 0.898. The Morgan fingerprint density at radius 2 is 2.38 bits per heavy atom. The summed E-state index contributed by atoms with van der Waals surface area (Å²) in [6.07, 6.45) is 1.56. The molecule has 1 rings (SSSR count). The molecule has 0 aliphatic rings. The lowest BCUT2D eigenvalue weighted by Crippen LogP contribution is -2.23. The van der Waals surface area contributed by atoms with Crippen LogP contribution in [0.3, 0.4) is 0 Å². The topological polar surface area (TPSA) is 83.7 Å². The van der Waals surface area contributed by atoms with Gasteiger partial charge in [0, 0.05) is 17.2 Å². The maximum Gasteiger partial charge on any atom is 0.348 e.